The van der Waals surface area contributed by atoms with Crippen molar-refractivity contribution >= 4 is 70.7 Å². The molecular formula is C14H24Cl2IN5S. The highest BCUT2D eigenvalue weighted by atomic mass is 127. The number of nitrogens with one attached hydrogen (secondary N) is 3. The Hall–Kier alpha value is -0.120. The maximum Gasteiger partial charge on any atom is 0.191 e. The summed E-state index contributed by atoms with van der Waals surface area (Å²) in [5, 5.41) is 10.7. The summed E-state index contributed by atoms with van der Waals surface area (Å²) in [7, 11) is 1.76. The van der Waals surface area contributed by atoms with E-state index in [1.54, 1.807) is 19.3 Å². The van der Waals surface area contributed by atoms with Gasteiger partial charge in [-0.1, -0.05) is 23.2 Å². The van der Waals surface area contributed by atoms with Gasteiger partial charge < -0.3 is 16.0 Å². The molecule has 0 amide bonds. The zero-order valence-corrected chi connectivity index (χ0v) is 18.4. The molecule has 0 spiro atoms. The molecule has 1 heterocycles. The van der Waals surface area contributed by atoms with Gasteiger partial charge in [-0.2, -0.15) is 11.8 Å². The third-order valence-corrected chi connectivity index (χ3v) is 4.72. The van der Waals surface area contributed by atoms with Crippen LogP contribution in [0.4, 0.5) is 5.82 Å². The topological polar surface area (TPSA) is 61.3 Å². The first-order valence-corrected chi connectivity index (χ1v) is 8.90. The molecular weight excluding hydrogens is 468 g/mol. The molecule has 3 N–H and O–H groups in total. The molecule has 1 rings (SSSR count). The largest absolute Gasteiger partial charge is 0.367 e. The van der Waals surface area contributed by atoms with Gasteiger partial charge in [-0.25, -0.2) is 4.98 Å². The molecule has 0 aliphatic rings. The smallest absolute Gasteiger partial charge is 0.191 e. The van der Waals surface area contributed by atoms with Gasteiger partial charge in [0.15, 0.2) is 5.96 Å². The van der Waals surface area contributed by atoms with E-state index in [1.165, 1.54) is 0 Å². The average molecular weight is 492 g/mol. The number of thioether (sulfide) groups is 1. The Bertz CT molecular complexity index is 514. The summed E-state index contributed by atoms with van der Waals surface area (Å²) in [6, 6.07) is 1.66. The van der Waals surface area contributed by atoms with Crippen molar-refractivity contribution in [3.05, 3.63) is 22.3 Å². The lowest BCUT2D eigenvalue weighted by atomic mass is 10.2. The van der Waals surface area contributed by atoms with Crippen LogP contribution in [-0.4, -0.2) is 48.6 Å². The molecule has 0 unspecified atom stereocenters. The van der Waals surface area contributed by atoms with Crippen LogP contribution in [-0.2, 0) is 0 Å². The molecule has 0 saturated carbocycles. The van der Waals surface area contributed by atoms with E-state index < -0.39 is 0 Å². The van der Waals surface area contributed by atoms with Gasteiger partial charge in [-0.15, -0.1) is 24.0 Å². The first kappa shape index (κ1) is 22.9. The lowest BCUT2D eigenvalue weighted by molar-refractivity contribution is 0.665. The summed E-state index contributed by atoms with van der Waals surface area (Å²) < 4.78 is 0.163. The van der Waals surface area contributed by atoms with Crippen LogP contribution >= 0.6 is 58.9 Å². The molecule has 132 valence electrons. The molecule has 1 aromatic rings. The van der Waals surface area contributed by atoms with Gasteiger partial charge >= 0.3 is 0 Å². The Morgan fingerprint density at radius 3 is 2.57 bits per heavy atom. The Morgan fingerprint density at radius 1 is 1.30 bits per heavy atom. The third-order valence-electron chi connectivity index (χ3n) is 2.98. The van der Waals surface area contributed by atoms with E-state index >= 15 is 0 Å². The summed E-state index contributed by atoms with van der Waals surface area (Å²) in [5.41, 5.74) is 0. The summed E-state index contributed by atoms with van der Waals surface area (Å²) in [5.74, 6) is 1.40. The van der Waals surface area contributed by atoms with E-state index in [9.17, 15) is 0 Å². The fraction of sp³-hybridized carbons (Fsp3) is 0.571. The van der Waals surface area contributed by atoms with Crippen LogP contribution < -0.4 is 16.0 Å². The van der Waals surface area contributed by atoms with Crippen molar-refractivity contribution in [1.82, 2.24) is 15.6 Å². The van der Waals surface area contributed by atoms with E-state index in [0.29, 0.717) is 29.0 Å². The van der Waals surface area contributed by atoms with E-state index in [-0.39, 0.29) is 28.7 Å². The van der Waals surface area contributed by atoms with Gasteiger partial charge in [0.1, 0.15) is 5.82 Å². The molecule has 23 heavy (non-hydrogen) atoms. The predicted octanol–water partition coefficient (Wildman–Crippen LogP) is 3.72. The van der Waals surface area contributed by atoms with Gasteiger partial charge in [0, 0.05) is 37.6 Å². The van der Waals surface area contributed by atoms with Crippen LogP contribution in [0, 0.1) is 0 Å². The van der Waals surface area contributed by atoms with Crippen LogP contribution in [0.2, 0.25) is 10.0 Å². The van der Waals surface area contributed by atoms with Gasteiger partial charge in [0.2, 0.25) is 0 Å². The molecule has 0 fully saturated rings. The summed E-state index contributed by atoms with van der Waals surface area (Å²) in [6.07, 6.45) is 3.67. The van der Waals surface area contributed by atoms with Crippen molar-refractivity contribution in [2.75, 3.05) is 38.3 Å². The maximum absolute atomic E-state index is 6.05. The summed E-state index contributed by atoms with van der Waals surface area (Å²) in [4.78, 5) is 8.34. The highest BCUT2D eigenvalue weighted by Crippen LogP contribution is 2.22. The predicted molar refractivity (Wildman–Crippen MR) is 115 cm³/mol. The lowest BCUT2D eigenvalue weighted by Gasteiger charge is -2.23. The zero-order valence-electron chi connectivity index (χ0n) is 13.7. The molecule has 0 radical (unpaired) electrons. The molecule has 0 atom stereocenters. The molecule has 1 aromatic heterocycles. The van der Waals surface area contributed by atoms with Crippen molar-refractivity contribution in [3.63, 3.8) is 0 Å². The number of hydrogen-bond donors (Lipinski definition) is 3. The second kappa shape index (κ2) is 11.4. The van der Waals surface area contributed by atoms with Gasteiger partial charge in [0.05, 0.1) is 10.0 Å². The van der Waals surface area contributed by atoms with Crippen LogP contribution in [0.3, 0.4) is 0 Å². The Morgan fingerprint density at radius 2 is 2.00 bits per heavy atom. The minimum atomic E-state index is 0. The highest BCUT2D eigenvalue weighted by Gasteiger charge is 2.15. The fourth-order valence-corrected chi connectivity index (χ4v) is 2.16. The first-order valence-electron chi connectivity index (χ1n) is 6.92. The minimum absolute atomic E-state index is 0. The van der Waals surface area contributed by atoms with Crippen LogP contribution in [0.25, 0.3) is 0 Å². The van der Waals surface area contributed by atoms with Gasteiger partial charge in [-0.05, 0) is 26.2 Å². The van der Waals surface area contributed by atoms with Crippen molar-refractivity contribution in [2.45, 2.75) is 18.6 Å². The van der Waals surface area contributed by atoms with Crippen molar-refractivity contribution in [2.24, 2.45) is 4.99 Å². The number of pyridine rings is 1. The van der Waals surface area contributed by atoms with Crippen LogP contribution in [0.5, 0.6) is 0 Å². The standard InChI is InChI=1S/C14H23Cl2N5S.HI/c1-14(2,22-4)9-21-13(17-3)19-6-5-18-12-11(16)7-10(15)8-20-12;/h7-8H,5-6,9H2,1-4H3,(H,18,20)(H2,17,19,21);1H. The number of halogens is 3. The lowest BCUT2D eigenvalue weighted by Crippen LogP contribution is -2.44. The van der Waals surface area contributed by atoms with Crippen LogP contribution in [0.15, 0.2) is 17.3 Å². The van der Waals surface area contributed by atoms with E-state index in [2.05, 4.69) is 46.0 Å². The Kier molecular flexibility index (Phi) is 11.4. The van der Waals surface area contributed by atoms with Gasteiger partial charge in [-0.3, -0.25) is 4.99 Å². The number of aliphatic imine (C=N–C) groups is 1. The first-order chi connectivity index (χ1) is 10.4. The third kappa shape index (κ3) is 9.07. The van der Waals surface area contributed by atoms with Crippen molar-refractivity contribution in [1.29, 1.82) is 0 Å². The number of aromatic nitrogens is 1. The quantitative estimate of drug-likeness (QED) is 0.235. The second-order valence-corrected chi connectivity index (χ2v) is 7.58. The number of anilines is 1. The summed E-state index contributed by atoms with van der Waals surface area (Å²) >= 11 is 13.7. The average Bonchev–Trinajstić information content (AvgIpc) is 2.48. The minimum Gasteiger partial charge on any atom is -0.367 e. The number of nitrogens with zero attached hydrogens (tertiary/aromatic N) is 2. The van der Waals surface area contributed by atoms with Crippen molar-refractivity contribution < 1.29 is 0 Å². The molecule has 9 heteroatoms. The number of guanidine groups is 1. The van der Waals surface area contributed by atoms with E-state index in [0.717, 1.165) is 12.5 Å². The summed E-state index contributed by atoms with van der Waals surface area (Å²) in [6.45, 7) is 6.58. The van der Waals surface area contributed by atoms with Gasteiger partial charge in [0.25, 0.3) is 0 Å². The number of hydrogen-bond acceptors (Lipinski definition) is 4. The molecule has 0 aromatic carbocycles. The molecule has 5 nitrogen and oxygen atoms in total. The second-order valence-electron chi connectivity index (χ2n) is 5.23. The normalized spacial score (nSPS) is 11.7. The van der Waals surface area contributed by atoms with Crippen LogP contribution in [0.1, 0.15) is 13.8 Å². The number of rotatable bonds is 7. The maximum atomic E-state index is 6.05. The van der Waals surface area contributed by atoms with E-state index in [4.69, 9.17) is 23.2 Å². The Balaban J connectivity index is 0.00000484. The fourth-order valence-electron chi connectivity index (χ4n) is 1.50. The van der Waals surface area contributed by atoms with E-state index in [1.807, 2.05) is 11.8 Å². The zero-order chi connectivity index (χ0) is 16.6. The molecule has 0 aliphatic heterocycles. The monoisotopic (exact) mass is 491 g/mol. The molecule has 0 aliphatic carbocycles. The SMILES string of the molecule is CN=C(NCCNc1ncc(Cl)cc1Cl)NCC(C)(C)SC.I. The molecule has 0 bridgehead atoms. The highest BCUT2D eigenvalue weighted by molar-refractivity contribution is 14.0. The van der Waals surface area contributed by atoms with Crippen molar-refractivity contribution in [3.8, 4) is 0 Å². The molecule has 0 saturated heterocycles. The Labute approximate surface area is 169 Å².